The van der Waals surface area contributed by atoms with Gasteiger partial charge < -0.3 is 10.8 Å². The second-order valence-corrected chi connectivity index (χ2v) is 5.85. The quantitative estimate of drug-likeness (QED) is 0.760. The summed E-state index contributed by atoms with van der Waals surface area (Å²) in [5.41, 5.74) is 8.30. The van der Waals surface area contributed by atoms with Gasteiger partial charge in [-0.05, 0) is 25.0 Å². The van der Waals surface area contributed by atoms with Gasteiger partial charge >= 0.3 is 0 Å². The number of nitrogen functional groups attached to an aromatic ring is 1. The Morgan fingerprint density at radius 3 is 2.73 bits per heavy atom. The molecule has 1 aliphatic carbocycles. The normalized spacial score (nSPS) is 15.6. The highest BCUT2D eigenvalue weighted by Crippen LogP contribution is 2.39. The third-order valence-electron chi connectivity index (χ3n) is 4.49. The number of para-hydroxylation sites is 1. The Kier molecular flexibility index (Phi) is 2.99. The van der Waals surface area contributed by atoms with Crippen molar-refractivity contribution < 1.29 is 5.11 Å². The van der Waals surface area contributed by atoms with Gasteiger partial charge in [-0.3, -0.25) is 4.40 Å². The second-order valence-electron chi connectivity index (χ2n) is 5.85. The Bertz CT molecular complexity index is 834. The number of rotatable bonds is 2. The number of aromatic nitrogens is 3. The second kappa shape index (κ2) is 5.02. The lowest BCUT2D eigenvalue weighted by molar-refractivity contribution is 0.477. The molecule has 2 aromatic heterocycles. The number of nitrogens with two attached hydrogens (primary N) is 1. The smallest absolute Gasteiger partial charge is 0.150 e. The molecule has 0 bridgehead atoms. The number of nitrogens with zero attached hydrogens (tertiary/aromatic N) is 3. The van der Waals surface area contributed by atoms with Crippen LogP contribution in [-0.2, 0) is 0 Å². The van der Waals surface area contributed by atoms with Crippen molar-refractivity contribution in [3.63, 3.8) is 0 Å². The molecule has 1 aliphatic rings. The first-order chi connectivity index (χ1) is 10.8. The Morgan fingerprint density at radius 2 is 1.95 bits per heavy atom. The zero-order valence-electron chi connectivity index (χ0n) is 12.2. The van der Waals surface area contributed by atoms with Crippen LogP contribution >= 0.6 is 0 Å². The third kappa shape index (κ3) is 1.93. The first kappa shape index (κ1) is 13.1. The molecule has 1 saturated carbocycles. The minimum absolute atomic E-state index is 0.212. The van der Waals surface area contributed by atoms with Crippen molar-refractivity contribution in [2.24, 2.45) is 0 Å². The van der Waals surface area contributed by atoms with Gasteiger partial charge in [0.05, 0.1) is 0 Å². The van der Waals surface area contributed by atoms with Gasteiger partial charge in [-0.25, -0.2) is 9.97 Å². The lowest BCUT2D eigenvalue weighted by atomic mass is 10.1. The van der Waals surface area contributed by atoms with E-state index < -0.39 is 0 Å². The van der Waals surface area contributed by atoms with Crippen LogP contribution in [0, 0.1) is 0 Å². The SMILES string of the molecule is Nc1nccn2c(C3CCCC3)nc(-c3ccccc3O)c12. The predicted octanol–water partition coefficient (Wildman–Crippen LogP) is 3.34. The van der Waals surface area contributed by atoms with E-state index in [1.165, 1.54) is 12.8 Å². The molecule has 5 nitrogen and oxygen atoms in total. The number of benzene rings is 1. The van der Waals surface area contributed by atoms with Crippen LogP contribution in [0.25, 0.3) is 16.8 Å². The van der Waals surface area contributed by atoms with E-state index in [1.54, 1.807) is 18.3 Å². The van der Waals surface area contributed by atoms with E-state index in [-0.39, 0.29) is 5.75 Å². The lowest BCUT2D eigenvalue weighted by Crippen LogP contribution is -2.01. The summed E-state index contributed by atoms with van der Waals surface area (Å²) in [5, 5.41) is 10.2. The molecule has 2 heterocycles. The van der Waals surface area contributed by atoms with Crippen molar-refractivity contribution in [2.45, 2.75) is 31.6 Å². The molecule has 3 aromatic rings. The van der Waals surface area contributed by atoms with E-state index in [9.17, 15) is 5.11 Å². The van der Waals surface area contributed by atoms with Crippen LogP contribution in [0.2, 0.25) is 0 Å². The van der Waals surface area contributed by atoms with Crippen molar-refractivity contribution >= 4 is 11.3 Å². The molecule has 0 atom stereocenters. The predicted molar refractivity (Wildman–Crippen MR) is 85.7 cm³/mol. The van der Waals surface area contributed by atoms with Crippen molar-refractivity contribution in [1.82, 2.24) is 14.4 Å². The molecule has 0 radical (unpaired) electrons. The molecule has 3 N–H and O–H groups in total. The van der Waals surface area contributed by atoms with Crippen molar-refractivity contribution in [2.75, 3.05) is 5.73 Å². The highest BCUT2D eigenvalue weighted by atomic mass is 16.3. The maximum atomic E-state index is 10.2. The molecular formula is C17H18N4O. The van der Waals surface area contributed by atoms with Gasteiger partial charge in [-0.2, -0.15) is 0 Å². The molecule has 22 heavy (non-hydrogen) atoms. The maximum absolute atomic E-state index is 10.2. The number of aromatic hydroxyl groups is 1. The van der Waals surface area contributed by atoms with Crippen LogP contribution in [0.1, 0.15) is 37.4 Å². The molecule has 0 unspecified atom stereocenters. The Hall–Kier alpha value is -2.56. The Morgan fingerprint density at radius 1 is 1.18 bits per heavy atom. The van der Waals surface area contributed by atoms with Gasteiger partial charge in [-0.1, -0.05) is 25.0 Å². The minimum atomic E-state index is 0.212. The number of fused-ring (bicyclic) bond motifs is 1. The van der Waals surface area contributed by atoms with Gasteiger partial charge in [0.2, 0.25) is 0 Å². The number of phenolic OH excluding ortho intramolecular Hbond substituents is 1. The molecule has 1 aromatic carbocycles. The summed E-state index contributed by atoms with van der Waals surface area (Å²) in [4.78, 5) is 9.04. The highest BCUT2D eigenvalue weighted by Gasteiger charge is 2.25. The average Bonchev–Trinajstić information content (AvgIpc) is 3.15. The highest BCUT2D eigenvalue weighted by molar-refractivity contribution is 5.87. The largest absolute Gasteiger partial charge is 0.507 e. The monoisotopic (exact) mass is 294 g/mol. The van der Waals surface area contributed by atoms with E-state index in [0.717, 1.165) is 24.2 Å². The summed E-state index contributed by atoms with van der Waals surface area (Å²) < 4.78 is 2.04. The molecule has 5 heteroatoms. The molecule has 1 fully saturated rings. The van der Waals surface area contributed by atoms with Crippen LogP contribution in [-0.4, -0.2) is 19.5 Å². The fraction of sp³-hybridized carbons (Fsp3) is 0.294. The average molecular weight is 294 g/mol. The summed E-state index contributed by atoms with van der Waals surface area (Å²) in [6, 6.07) is 7.23. The van der Waals surface area contributed by atoms with E-state index in [2.05, 4.69) is 4.98 Å². The van der Waals surface area contributed by atoms with Crippen LogP contribution in [0.3, 0.4) is 0 Å². The lowest BCUT2D eigenvalue weighted by Gasteiger charge is -2.07. The summed E-state index contributed by atoms with van der Waals surface area (Å²) in [5.74, 6) is 2.13. The van der Waals surface area contributed by atoms with Crippen LogP contribution in [0.15, 0.2) is 36.7 Å². The zero-order chi connectivity index (χ0) is 15.1. The van der Waals surface area contributed by atoms with Crippen molar-refractivity contribution in [3.8, 4) is 17.0 Å². The van der Waals surface area contributed by atoms with E-state index in [0.29, 0.717) is 23.0 Å². The third-order valence-corrected chi connectivity index (χ3v) is 4.49. The van der Waals surface area contributed by atoms with E-state index in [4.69, 9.17) is 10.7 Å². The number of hydrogen-bond acceptors (Lipinski definition) is 4. The fourth-order valence-corrected chi connectivity index (χ4v) is 3.42. The minimum Gasteiger partial charge on any atom is -0.507 e. The summed E-state index contributed by atoms with van der Waals surface area (Å²) in [6.07, 6.45) is 8.41. The molecule has 4 rings (SSSR count). The Labute approximate surface area is 128 Å². The van der Waals surface area contributed by atoms with Gasteiger partial charge in [0.15, 0.2) is 0 Å². The number of phenols is 1. The Balaban J connectivity index is 2.00. The molecule has 0 amide bonds. The van der Waals surface area contributed by atoms with Gasteiger partial charge in [0.25, 0.3) is 0 Å². The van der Waals surface area contributed by atoms with Gasteiger partial charge in [0.1, 0.15) is 28.6 Å². The number of anilines is 1. The fourth-order valence-electron chi connectivity index (χ4n) is 3.42. The molecule has 112 valence electrons. The van der Waals surface area contributed by atoms with Crippen LogP contribution in [0.5, 0.6) is 5.75 Å². The standard InChI is InChI=1S/C17H18N4O/c18-16-15-14(12-7-3-4-8-13(12)22)20-17(11-5-1-2-6-11)21(15)10-9-19-16/h3-4,7-11,22H,1-2,5-6H2,(H2,18,19). The molecular weight excluding hydrogens is 276 g/mol. The van der Waals surface area contributed by atoms with E-state index in [1.807, 2.05) is 22.7 Å². The zero-order valence-corrected chi connectivity index (χ0v) is 12.2. The van der Waals surface area contributed by atoms with Gasteiger partial charge in [0, 0.05) is 23.9 Å². The summed E-state index contributed by atoms with van der Waals surface area (Å²) in [6.45, 7) is 0. The first-order valence-electron chi connectivity index (χ1n) is 7.66. The number of hydrogen-bond donors (Lipinski definition) is 2. The molecule has 0 saturated heterocycles. The topological polar surface area (TPSA) is 76.4 Å². The first-order valence-corrected chi connectivity index (χ1v) is 7.66. The van der Waals surface area contributed by atoms with Crippen molar-refractivity contribution in [3.05, 3.63) is 42.5 Å². The summed E-state index contributed by atoms with van der Waals surface area (Å²) in [7, 11) is 0. The van der Waals surface area contributed by atoms with Crippen LogP contribution in [0.4, 0.5) is 5.82 Å². The maximum Gasteiger partial charge on any atom is 0.150 e. The van der Waals surface area contributed by atoms with E-state index >= 15 is 0 Å². The number of imidazole rings is 1. The van der Waals surface area contributed by atoms with Crippen molar-refractivity contribution in [1.29, 1.82) is 0 Å². The van der Waals surface area contributed by atoms with Crippen LogP contribution < -0.4 is 5.73 Å². The summed E-state index contributed by atoms with van der Waals surface area (Å²) >= 11 is 0. The molecule has 0 spiro atoms. The van der Waals surface area contributed by atoms with Gasteiger partial charge in [-0.15, -0.1) is 0 Å². The molecule has 0 aliphatic heterocycles.